The van der Waals surface area contributed by atoms with Gasteiger partial charge in [-0.3, -0.25) is 9.59 Å². The second kappa shape index (κ2) is 7.89. The lowest BCUT2D eigenvalue weighted by Gasteiger charge is -2.54. The molecule has 3 heterocycles. The minimum atomic E-state index is -0.353. The number of hydrogen-bond donors (Lipinski definition) is 3. The largest absolute Gasteiger partial charge is 0.380 e. The smallest absolute Gasteiger partial charge is 0.258 e. The van der Waals surface area contributed by atoms with Crippen LogP contribution in [0.2, 0.25) is 5.02 Å². The molecule has 2 saturated heterocycles. The monoisotopic (exact) mass is 449 g/mol. The number of nitrogens with zero attached hydrogens (tertiary/aromatic N) is 2. The maximum Gasteiger partial charge on any atom is 0.258 e. The van der Waals surface area contributed by atoms with Gasteiger partial charge in [-0.1, -0.05) is 11.6 Å². The Morgan fingerprint density at radius 3 is 2.59 bits per heavy atom. The second-order valence-corrected chi connectivity index (χ2v) is 8.70. The van der Waals surface area contributed by atoms with Crippen molar-refractivity contribution in [1.82, 2.24) is 9.88 Å². The normalized spacial score (nSPS) is 17.0. The average molecular weight is 450 g/mol. The standard InChI is InChI=1S/C23H20ClN5O3/c24-16-3-6-19-15(7-16)8-18(21(30)27-19)20(28-25)9-26-17-4-1-14(2-5-17)22(31)29-10-23(11-29)12-32-13-23/h1-9,25-26H,10-13H2,(H,27,30)/b20-9-,28-25?. The van der Waals surface area contributed by atoms with Crippen molar-refractivity contribution < 1.29 is 9.53 Å². The summed E-state index contributed by atoms with van der Waals surface area (Å²) in [5, 5.41) is 7.83. The van der Waals surface area contributed by atoms with Crippen LogP contribution in [0.3, 0.4) is 0 Å². The molecule has 1 aromatic heterocycles. The van der Waals surface area contributed by atoms with E-state index in [2.05, 4.69) is 15.4 Å². The molecule has 0 atom stereocenters. The van der Waals surface area contributed by atoms with Gasteiger partial charge in [0.05, 0.1) is 24.2 Å². The number of anilines is 1. The van der Waals surface area contributed by atoms with E-state index in [0.29, 0.717) is 21.8 Å². The minimum absolute atomic E-state index is 0.00724. The van der Waals surface area contributed by atoms with Crippen molar-refractivity contribution in [1.29, 1.82) is 5.53 Å². The third kappa shape index (κ3) is 3.68. The molecule has 2 fully saturated rings. The van der Waals surface area contributed by atoms with Gasteiger partial charge in [0, 0.05) is 46.5 Å². The molecule has 2 aliphatic heterocycles. The fraction of sp³-hybridized carbons (Fsp3) is 0.217. The number of nitrogens with one attached hydrogen (secondary N) is 3. The summed E-state index contributed by atoms with van der Waals surface area (Å²) in [5.74, 6) is 0.00724. The summed E-state index contributed by atoms with van der Waals surface area (Å²) in [7, 11) is 0. The predicted octanol–water partition coefficient (Wildman–Crippen LogP) is 4.10. The fourth-order valence-electron chi connectivity index (χ4n) is 4.06. The van der Waals surface area contributed by atoms with Crippen molar-refractivity contribution in [2.24, 2.45) is 10.5 Å². The zero-order valence-corrected chi connectivity index (χ0v) is 17.8. The Bertz CT molecular complexity index is 1300. The number of aromatic amines is 1. The third-order valence-electron chi connectivity index (χ3n) is 5.87. The van der Waals surface area contributed by atoms with Gasteiger partial charge >= 0.3 is 0 Å². The summed E-state index contributed by atoms with van der Waals surface area (Å²) in [6, 6.07) is 13.9. The maximum absolute atomic E-state index is 12.6. The number of likely N-dealkylation sites (tertiary alicyclic amines) is 1. The second-order valence-electron chi connectivity index (χ2n) is 8.26. The van der Waals surface area contributed by atoms with E-state index in [-0.39, 0.29) is 28.1 Å². The maximum atomic E-state index is 12.6. The molecular formula is C23H20ClN5O3. The van der Waals surface area contributed by atoms with Gasteiger partial charge in [0.2, 0.25) is 0 Å². The molecule has 0 unspecified atom stereocenters. The summed E-state index contributed by atoms with van der Waals surface area (Å²) in [6.07, 6.45) is 1.49. The van der Waals surface area contributed by atoms with Gasteiger partial charge in [-0.05, 0) is 48.5 Å². The number of carbonyl (C=O) groups excluding carboxylic acids is 1. The summed E-state index contributed by atoms with van der Waals surface area (Å²) in [4.78, 5) is 29.7. The van der Waals surface area contributed by atoms with Crippen LogP contribution in [-0.4, -0.2) is 42.1 Å². The number of H-pyrrole nitrogens is 1. The lowest BCUT2D eigenvalue weighted by molar-refractivity contribution is -0.176. The molecule has 2 aromatic carbocycles. The molecule has 9 heteroatoms. The van der Waals surface area contributed by atoms with Gasteiger partial charge in [-0.2, -0.15) is 5.11 Å². The summed E-state index contributed by atoms with van der Waals surface area (Å²) < 4.78 is 5.25. The van der Waals surface area contributed by atoms with E-state index in [9.17, 15) is 9.59 Å². The SMILES string of the molecule is N=N/C(=C\Nc1ccc(C(=O)N2CC3(COC3)C2)cc1)c1cc2cc(Cl)ccc2[nH]c1=O. The van der Waals surface area contributed by atoms with E-state index in [1.807, 2.05) is 4.90 Å². The molecular weight excluding hydrogens is 430 g/mol. The molecule has 5 rings (SSSR count). The molecule has 0 aliphatic carbocycles. The number of carbonyl (C=O) groups is 1. The Balaban J connectivity index is 1.31. The first-order chi connectivity index (χ1) is 15.5. The first-order valence-corrected chi connectivity index (χ1v) is 10.5. The van der Waals surface area contributed by atoms with Crippen LogP contribution in [0.4, 0.5) is 5.69 Å². The van der Waals surface area contributed by atoms with E-state index in [0.717, 1.165) is 31.7 Å². The quantitative estimate of drug-likeness (QED) is 0.509. The Kier molecular flexibility index (Phi) is 5.03. The highest BCUT2D eigenvalue weighted by Crippen LogP contribution is 2.38. The zero-order chi connectivity index (χ0) is 22.3. The van der Waals surface area contributed by atoms with E-state index >= 15 is 0 Å². The van der Waals surface area contributed by atoms with Crippen LogP contribution in [0.1, 0.15) is 15.9 Å². The van der Waals surface area contributed by atoms with Crippen LogP contribution in [0.15, 0.2) is 64.6 Å². The van der Waals surface area contributed by atoms with Crippen molar-refractivity contribution in [2.45, 2.75) is 0 Å². The van der Waals surface area contributed by atoms with E-state index in [4.69, 9.17) is 21.9 Å². The van der Waals surface area contributed by atoms with Gasteiger partial charge in [-0.25, -0.2) is 5.53 Å². The van der Waals surface area contributed by atoms with E-state index < -0.39 is 0 Å². The Hall–Kier alpha value is -3.49. The van der Waals surface area contributed by atoms with Crippen LogP contribution in [0, 0.1) is 10.9 Å². The van der Waals surface area contributed by atoms with Crippen molar-refractivity contribution in [3.63, 3.8) is 0 Å². The number of aromatic nitrogens is 1. The molecule has 0 saturated carbocycles. The Labute approximate surface area is 188 Å². The molecule has 3 N–H and O–H groups in total. The van der Waals surface area contributed by atoms with Gasteiger partial charge in [-0.15, -0.1) is 0 Å². The number of rotatable bonds is 5. The highest BCUT2D eigenvalue weighted by molar-refractivity contribution is 6.31. The van der Waals surface area contributed by atoms with E-state index in [1.54, 1.807) is 48.5 Å². The summed E-state index contributed by atoms with van der Waals surface area (Å²) in [6.45, 7) is 2.97. The zero-order valence-electron chi connectivity index (χ0n) is 17.0. The molecule has 2 aliphatic rings. The van der Waals surface area contributed by atoms with Gasteiger partial charge in [0.25, 0.3) is 11.5 Å². The van der Waals surface area contributed by atoms with Crippen molar-refractivity contribution >= 4 is 39.8 Å². The number of hydrogen-bond acceptors (Lipinski definition) is 6. The third-order valence-corrected chi connectivity index (χ3v) is 6.10. The molecule has 0 radical (unpaired) electrons. The lowest BCUT2D eigenvalue weighted by atomic mass is 9.78. The molecule has 3 aromatic rings. The molecule has 1 spiro atoms. The fourth-order valence-corrected chi connectivity index (χ4v) is 4.24. The number of halogens is 1. The van der Waals surface area contributed by atoms with Crippen molar-refractivity contribution in [3.05, 3.63) is 81.2 Å². The van der Waals surface area contributed by atoms with Gasteiger partial charge in [0.15, 0.2) is 0 Å². The molecule has 0 bridgehead atoms. The van der Waals surface area contributed by atoms with Crippen LogP contribution >= 0.6 is 11.6 Å². The predicted molar refractivity (Wildman–Crippen MR) is 122 cm³/mol. The molecule has 32 heavy (non-hydrogen) atoms. The lowest BCUT2D eigenvalue weighted by Crippen LogP contribution is -2.67. The van der Waals surface area contributed by atoms with Crippen LogP contribution < -0.4 is 10.9 Å². The first-order valence-electron chi connectivity index (χ1n) is 10.1. The number of pyridine rings is 1. The number of amides is 1. The molecule has 1 amide bonds. The van der Waals surface area contributed by atoms with Gasteiger partial charge < -0.3 is 19.9 Å². The molecule has 162 valence electrons. The summed E-state index contributed by atoms with van der Waals surface area (Å²) >= 11 is 6.05. The van der Waals surface area contributed by atoms with Crippen LogP contribution in [-0.2, 0) is 4.74 Å². The van der Waals surface area contributed by atoms with Crippen LogP contribution in [0.25, 0.3) is 16.6 Å². The number of fused-ring (bicyclic) bond motifs is 1. The Morgan fingerprint density at radius 1 is 1.19 bits per heavy atom. The van der Waals surface area contributed by atoms with E-state index in [1.165, 1.54) is 6.20 Å². The topological polar surface area (TPSA) is 111 Å². The average Bonchev–Trinajstić information content (AvgIpc) is 2.73. The Morgan fingerprint density at radius 2 is 1.94 bits per heavy atom. The minimum Gasteiger partial charge on any atom is -0.380 e. The highest BCUT2D eigenvalue weighted by Gasteiger charge is 2.50. The van der Waals surface area contributed by atoms with Gasteiger partial charge in [0.1, 0.15) is 5.70 Å². The number of benzene rings is 2. The number of ether oxygens (including phenoxy) is 1. The highest BCUT2D eigenvalue weighted by atomic mass is 35.5. The summed E-state index contributed by atoms with van der Waals surface area (Å²) in [5.41, 5.74) is 9.73. The molecule has 8 nitrogen and oxygen atoms in total. The van der Waals surface area contributed by atoms with Crippen LogP contribution in [0.5, 0.6) is 0 Å². The van der Waals surface area contributed by atoms with Crippen molar-refractivity contribution in [3.8, 4) is 0 Å². The van der Waals surface area contributed by atoms with Crippen molar-refractivity contribution in [2.75, 3.05) is 31.6 Å². The first kappa shape index (κ1) is 20.4.